The van der Waals surface area contributed by atoms with Gasteiger partial charge in [0.05, 0.1) is 12.5 Å². The van der Waals surface area contributed by atoms with E-state index in [9.17, 15) is 25.2 Å². The zero-order valence-electron chi connectivity index (χ0n) is 10.4. The molecule has 0 aliphatic heterocycles. The molecule has 17 heavy (non-hydrogen) atoms. The van der Waals surface area contributed by atoms with E-state index < -0.39 is 7.81 Å². The average molecular weight is 306 g/mol. The van der Waals surface area contributed by atoms with Gasteiger partial charge in [0.25, 0.3) is 0 Å². The molecule has 0 aliphatic carbocycles. The van der Waals surface area contributed by atoms with Crippen molar-refractivity contribution in [3.05, 3.63) is 0 Å². The summed E-state index contributed by atoms with van der Waals surface area (Å²) in [7, 11) is -9.98. The van der Waals surface area contributed by atoms with Crippen molar-refractivity contribution in [2.75, 3.05) is 18.3 Å². The Labute approximate surface area is 102 Å². The number of unbranched alkanes of at least 4 members (excludes halogenated alkanes) is 4. The Bertz CT molecular complexity index is 185. The van der Waals surface area contributed by atoms with Gasteiger partial charge in [0.15, 0.2) is 0 Å². The molecular weight excluding hydrogens is 285 g/mol. The van der Waals surface area contributed by atoms with Gasteiger partial charge < -0.3 is 0 Å². The number of halogens is 6. The molecule has 0 N–H and O–H groups in total. The summed E-state index contributed by atoms with van der Waals surface area (Å²) in [6.45, 7) is 2.27. The summed E-state index contributed by atoms with van der Waals surface area (Å²) >= 11 is 0. The fourth-order valence-corrected chi connectivity index (χ4v) is 1.78. The molecule has 0 heterocycles. The van der Waals surface area contributed by atoms with Crippen molar-refractivity contribution in [1.29, 1.82) is 0 Å². The van der Waals surface area contributed by atoms with Crippen LogP contribution in [0.3, 0.4) is 0 Å². The first kappa shape index (κ1) is 19.7. The van der Waals surface area contributed by atoms with Crippen molar-refractivity contribution in [2.24, 2.45) is 0 Å². The Morgan fingerprint density at radius 2 is 1.12 bits per heavy atom. The SMILES string of the molecule is CCCCCCC[S+](C)C.F[P-](F)(F)(F)(F)F. The average Bonchev–Trinajstić information content (AvgIpc) is 1.97. The molecule has 0 fully saturated rings. The van der Waals surface area contributed by atoms with Gasteiger partial charge in [0, 0.05) is 0 Å². The molecule has 0 amide bonds. The minimum absolute atomic E-state index is 0.679. The normalized spacial score (nSPS) is 15.9. The van der Waals surface area contributed by atoms with Gasteiger partial charge in [-0.25, -0.2) is 0 Å². The molecule has 0 aromatic carbocycles. The van der Waals surface area contributed by atoms with E-state index in [2.05, 4.69) is 19.4 Å². The standard InChI is InChI=1S/C9H21S.F6P/c1-4-5-6-7-8-9-10(2)3;1-7(2,3,4,5)6/h4-9H2,1-3H3;/q+1;-1. The van der Waals surface area contributed by atoms with E-state index in [4.69, 9.17) is 0 Å². The maximum absolute atomic E-state index is 10.7. The third kappa shape index (κ3) is 62.3. The van der Waals surface area contributed by atoms with Crippen LogP contribution < -0.4 is 0 Å². The number of hydrogen-bond donors (Lipinski definition) is 0. The minimum atomic E-state index is -10.7. The summed E-state index contributed by atoms with van der Waals surface area (Å²) in [5.74, 6) is 1.45. The van der Waals surface area contributed by atoms with E-state index >= 15 is 0 Å². The van der Waals surface area contributed by atoms with E-state index in [0.29, 0.717) is 10.9 Å². The van der Waals surface area contributed by atoms with Crippen LogP contribution in [0.25, 0.3) is 0 Å². The predicted molar refractivity (Wildman–Crippen MR) is 66.4 cm³/mol. The summed E-state index contributed by atoms with van der Waals surface area (Å²) in [4.78, 5) is 0. The molecule has 0 aliphatic rings. The molecule has 0 nitrogen and oxygen atoms in total. The van der Waals surface area contributed by atoms with Crippen molar-refractivity contribution in [3.63, 3.8) is 0 Å². The van der Waals surface area contributed by atoms with Crippen LogP contribution in [-0.4, -0.2) is 18.3 Å². The molecule has 0 spiro atoms. The monoisotopic (exact) mass is 306 g/mol. The molecule has 0 atom stereocenters. The quantitative estimate of drug-likeness (QED) is 0.236. The van der Waals surface area contributed by atoms with Crippen molar-refractivity contribution >= 4 is 18.7 Å². The van der Waals surface area contributed by atoms with Crippen molar-refractivity contribution in [3.8, 4) is 0 Å². The van der Waals surface area contributed by atoms with Crippen LogP contribution >= 0.6 is 7.81 Å². The first-order chi connectivity index (χ1) is 7.22. The van der Waals surface area contributed by atoms with E-state index in [0.717, 1.165) is 0 Å². The topological polar surface area (TPSA) is 0 Å². The zero-order valence-corrected chi connectivity index (χ0v) is 12.1. The molecule has 0 rings (SSSR count). The Balaban J connectivity index is 0. The Morgan fingerprint density at radius 1 is 0.765 bits per heavy atom. The van der Waals surface area contributed by atoms with E-state index in [1.54, 1.807) is 0 Å². The van der Waals surface area contributed by atoms with Crippen molar-refractivity contribution in [2.45, 2.75) is 39.0 Å². The molecule has 0 saturated carbocycles. The molecule has 0 unspecified atom stereocenters. The predicted octanol–water partition coefficient (Wildman–Crippen LogP) is 6.22. The molecule has 0 radical (unpaired) electrons. The Kier molecular flexibility index (Phi) is 7.54. The second kappa shape index (κ2) is 6.50. The van der Waals surface area contributed by atoms with Crippen LogP contribution in [0.5, 0.6) is 0 Å². The fourth-order valence-electron chi connectivity index (χ4n) is 0.994. The summed E-state index contributed by atoms with van der Waals surface area (Å²) < 4.78 is 59.2. The maximum atomic E-state index is 9.87. The number of rotatable bonds is 6. The van der Waals surface area contributed by atoms with Gasteiger partial charge in [0.2, 0.25) is 0 Å². The van der Waals surface area contributed by atoms with Crippen LogP contribution in [0, 0.1) is 0 Å². The summed E-state index contributed by atoms with van der Waals surface area (Å²) in [5, 5.41) is 0. The summed E-state index contributed by atoms with van der Waals surface area (Å²) in [5.41, 5.74) is 0. The van der Waals surface area contributed by atoms with Crippen LogP contribution in [0.1, 0.15) is 39.0 Å². The van der Waals surface area contributed by atoms with Crippen LogP contribution in [0.4, 0.5) is 25.2 Å². The van der Waals surface area contributed by atoms with E-state index in [-0.39, 0.29) is 0 Å². The van der Waals surface area contributed by atoms with Gasteiger partial charge in [-0.2, -0.15) is 0 Å². The van der Waals surface area contributed by atoms with E-state index in [1.807, 2.05) is 0 Å². The summed E-state index contributed by atoms with van der Waals surface area (Å²) in [6, 6.07) is 0. The van der Waals surface area contributed by atoms with E-state index in [1.165, 1.54) is 37.9 Å². The van der Waals surface area contributed by atoms with Gasteiger partial charge in [-0.05, 0) is 23.7 Å². The first-order valence-electron chi connectivity index (χ1n) is 5.33. The Hall–Kier alpha value is 0.360. The third-order valence-electron chi connectivity index (χ3n) is 1.66. The molecule has 0 saturated heterocycles. The molecule has 0 aromatic rings. The molecule has 0 aromatic heterocycles. The van der Waals surface area contributed by atoms with Gasteiger partial charge in [0.1, 0.15) is 5.75 Å². The molecule has 0 bridgehead atoms. The van der Waals surface area contributed by atoms with Gasteiger partial charge in [-0.3, -0.25) is 0 Å². The van der Waals surface area contributed by atoms with Crippen LogP contribution in [0.2, 0.25) is 0 Å². The summed E-state index contributed by atoms with van der Waals surface area (Å²) in [6.07, 6.45) is 11.8. The van der Waals surface area contributed by atoms with Gasteiger partial charge in [-0.1, -0.05) is 26.2 Å². The second-order valence-corrected chi connectivity index (χ2v) is 8.36. The van der Waals surface area contributed by atoms with Crippen LogP contribution in [-0.2, 0) is 10.9 Å². The van der Waals surface area contributed by atoms with Crippen molar-refractivity contribution < 1.29 is 25.2 Å². The zero-order chi connectivity index (χ0) is 14.2. The molecular formula is C9H21F6PS. The van der Waals surface area contributed by atoms with Gasteiger partial charge in [-0.15, -0.1) is 0 Å². The molecule has 110 valence electrons. The Morgan fingerprint density at radius 3 is 1.41 bits per heavy atom. The fraction of sp³-hybridized carbons (Fsp3) is 1.00. The van der Waals surface area contributed by atoms with Gasteiger partial charge >= 0.3 is 33.0 Å². The van der Waals surface area contributed by atoms with Crippen LogP contribution in [0.15, 0.2) is 0 Å². The molecule has 8 heteroatoms. The van der Waals surface area contributed by atoms with Crippen molar-refractivity contribution in [1.82, 2.24) is 0 Å². The third-order valence-corrected chi connectivity index (χ3v) is 2.76. The number of hydrogen-bond acceptors (Lipinski definition) is 0. The first-order valence-corrected chi connectivity index (χ1v) is 9.57. The second-order valence-electron chi connectivity index (χ2n) is 4.06.